The molecule has 2 rings (SSSR count). The summed E-state index contributed by atoms with van der Waals surface area (Å²) in [6, 6.07) is -2.41. The topological polar surface area (TPSA) is 165 Å². The van der Waals surface area contributed by atoms with E-state index in [0.717, 1.165) is 13.0 Å². The predicted octanol–water partition coefficient (Wildman–Crippen LogP) is -1.08. The number of aromatic amines is 1. The van der Waals surface area contributed by atoms with Gasteiger partial charge < -0.3 is 31.4 Å². The molecule has 1 aromatic rings. The summed E-state index contributed by atoms with van der Waals surface area (Å²) < 4.78 is 0. The van der Waals surface area contributed by atoms with Crippen LogP contribution in [-0.4, -0.2) is 70.0 Å². The first-order valence-electron chi connectivity index (χ1n) is 10.1. The summed E-state index contributed by atoms with van der Waals surface area (Å²) in [6.45, 7) is 4.04. The zero-order valence-corrected chi connectivity index (χ0v) is 17.2. The molecule has 0 aliphatic carbocycles. The Labute approximate surface area is 174 Å². The molecule has 1 fully saturated rings. The van der Waals surface area contributed by atoms with Crippen LogP contribution in [0.3, 0.4) is 0 Å². The monoisotopic (exact) mass is 422 g/mol. The van der Waals surface area contributed by atoms with E-state index in [0.29, 0.717) is 18.5 Å². The maximum atomic E-state index is 12.8. The number of carbonyl (C=O) groups is 4. The fourth-order valence-electron chi connectivity index (χ4n) is 3.21. The molecule has 0 spiro atoms. The van der Waals surface area contributed by atoms with Gasteiger partial charge in [0.05, 0.1) is 18.9 Å². The molecule has 11 heteroatoms. The van der Waals surface area contributed by atoms with Crippen LogP contribution in [0.15, 0.2) is 12.5 Å². The van der Waals surface area contributed by atoms with E-state index in [-0.39, 0.29) is 30.8 Å². The number of hydrogen-bond acceptors (Lipinski definition) is 6. The maximum Gasteiger partial charge on any atom is 0.326 e. The van der Waals surface area contributed by atoms with Gasteiger partial charge in [-0.05, 0) is 25.3 Å². The molecule has 6 N–H and O–H groups in total. The first-order chi connectivity index (χ1) is 14.3. The lowest BCUT2D eigenvalue weighted by Crippen LogP contribution is -2.55. The molecule has 0 saturated carbocycles. The van der Waals surface area contributed by atoms with E-state index in [1.165, 1.54) is 12.5 Å². The van der Waals surface area contributed by atoms with E-state index in [1.54, 1.807) is 6.92 Å². The molecule has 166 valence electrons. The van der Waals surface area contributed by atoms with Crippen LogP contribution in [0.2, 0.25) is 0 Å². The summed E-state index contributed by atoms with van der Waals surface area (Å²) in [5.74, 6) is -2.85. The highest BCUT2D eigenvalue weighted by molar-refractivity contribution is 5.92. The molecule has 3 amide bonds. The van der Waals surface area contributed by atoms with Crippen molar-refractivity contribution in [1.29, 1.82) is 0 Å². The molecule has 4 atom stereocenters. The van der Waals surface area contributed by atoms with Gasteiger partial charge in [-0.25, -0.2) is 9.78 Å². The summed E-state index contributed by atoms with van der Waals surface area (Å²) in [5, 5.41) is 20.1. The fourth-order valence-corrected chi connectivity index (χ4v) is 3.21. The van der Waals surface area contributed by atoms with Crippen LogP contribution in [0.5, 0.6) is 0 Å². The van der Waals surface area contributed by atoms with Crippen molar-refractivity contribution in [1.82, 2.24) is 31.2 Å². The molecule has 0 radical (unpaired) electrons. The largest absolute Gasteiger partial charge is 0.480 e. The van der Waals surface area contributed by atoms with Gasteiger partial charge in [-0.1, -0.05) is 20.3 Å². The van der Waals surface area contributed by atoms with E-state index in [9.17, 15) is 24.3 Å². The molecular weight excluding hydrogens is 392 g/mol. The molecule has 1 saturated heterocycles. The SMILES string of the molecule is CCC(C)C(NC(=O)C(Cc1cnc[nH]1)NC(=O)CNC(=O)C1CCCN1)C(=O)O. The van der Waals surface area contributed by atoms with Crippen molar-refractivity contribution in [2.75, 3.05) is 13.1 Å². The number of aliphatic carboxylic acids is 1. The van der Waals surface area contributed by atoms with Crippen molar-refractivity contribution in [3.63, 3.8) is 0 Å². The third-order valence-electron chi connectivity index (χ3n) is 5.21. The van der Waals surface area contributed by atoms with Gasteiger partial charge in [0.1, 0.15) is 12.1 Å². The maximum absolute atomic E-state index is 12.8. The van der Waals surface area contributed by atoms with Crippen LogP contribution in [-0.2, 0) is 25.6 Å². The number of hydrogen-bond donors (Lipinski definition) is 6. The molecule has 0 aromatic carbocycles. The quantitative estimate of drug-likeness (QED) is 0.264. The van der Waals surface area contributed by atoms with Crippen LogP contribution in [0, 0.1) is 5.92 Å². The molecule has 0 bridgehead atoms. The van der Waals surface area contributed by atoms with Crippen molar-refractivity contribution in [2.45, 2.75) is 57.7 Å². The molecule has 4 unspecified atom stereocenters. The molecule has 2 heterocycles. The highest BCUT2D eigenvalue weighted by Gasteiger charge is 2.30. The third-order valence-corrected chi connectivity index (χ3v) is 5.21. The van der Waals surface area contributed by atoms with Crippen LogP contribution >= 0.6 is 0 Å². The Balaban J connectivity index is 1.99. The van der Waals surface area contributed by atoms with Crippen LogP contribution in [0.25, 0.3) is 0 Å². The Kier molecular flexibility index (Phi) is 8.78. The lowest BCUT2D eigenvalue weighted by atomic mass is 9.98. The minimum absolute atomic E-state index is 0.0997. The van der Waals surface area contributed by atoms with Gasteiger partial charge in [-0.2, -0.15) is 0 Å². The molecule has 11 nitrogen and oxygen atoms in total. The Morgan fingerprint density at radius 1 is 1.30 bits per heavy atom. The third kappa shape index (κ3) is 6.83. The minimum Gasteiger partial charge on any atom is -0.480 e. The lowest BCUT2D eigenvalue weighted by Gasteiger charge is -2.24. The number of imidazole rings is 1. The summed E-state index contributed by atoms with van der Waals surface area (Å²) in [6.07, 6.45) is 5.24. The van der Waals surface area contributed by atoms with Gasteiger partial charge in [-0.3, -0.25) is 14.4 Å². The Hall–Kier alpha value is -2.95. The zero-order chi connectivity index (χ0) is 22.1. The van der Waals surface area contributed by atoms with Crippen molar-refractivity contribution >= 4 is 23.7 Å². The standard InChI is InChI=1S/C19H30N6O5/c1-3-11(2)16(19(29)30)25-18(28)14(7-12-8-20-10-23-12)24-15(26)9-22-17(27)13-5-4-6-21-13/h8,10-11,13-14,16,21H,3-7,9H2,1-2H3,(H,20,23)(H,22,27)(H,24,26)(H,25,28)(H,29,30). The first-order valence-corrected chi connectivity index (χ1v) is 10.1. The van der Waals surface area contributed by atoms with E-state index >= 15 is 0 Å². The van der Waals surface area contributed by atoms with Gasteiger partial charge in [0, 0.05) is 18.3 Å². The van der Waals surface area contributed by atoms with E-state index in [4.69, 9.17) is 0 Å². The highest BCUT2D eigenvalue weighted by atomic mass is 16.4. The number of carbonyl (C=O) groups excluding carboxylic acids is 3. The number of carboxylic acids is 1. The second-order valence-corrected chi connectivity index (χ2v) is 7.48. The van der Waals surface area contributed by atoms with Gasteiger partial charge >= 0.3 is 5.97 Å². The number of carboxylic acid groups (broad SMARTS) is 1. The Bertz CT molecular complexity index is 732. The summed E-state index contributed by atoms with van der Waals surface area (Å²) in [5.41, 5.74) is 0.602. The number of nitrogens with zero attached hydrogens (tertiary/aromatic N) is 1. The van der Waals surface area contributed by atoms with Gasteiger partial charge in [0.25, 0.3) is 0 Å². The molecule has 30 heavy (non-hydrogen) atoms. The van der Waals surface area contributed by atoms with Crippen molar-refractivity contribution < 1.29 is 24.3 Å². The minimum atomic E-state index is -1.14. The number of rotatable bonds is 11. The van der Waals surface area contributed by atoms with Crippen LogP contribution in [0.1, 0.15) is 38.8 Å². The average molecular weight is 422 g/mol. The summed E-state index contributed by atoms with van der Waals surface area (Å²) in [7, 11) is 0. The smallest absolute Gasteiger partial charge is 0.326 e. The fraction of sp³-hybridized carbons (Fsp3) is 0.632. The number of aromatic nitrogens is 2. The number of amides is 3. The average Bonchev–Trinajstić information content (AvgIpc) is 3.42. The first kappa shape index (κ1) is 23.3. The van der Waals surface area contributed by atoms with E-state index in [1.807, 2.05) is 6.92 Å². The van der Waals surface area contributed by atoms with Gasteiger partial charge in [0.15, 0.2) is 0 Å². The normalized spacial score (nSPS) is 18.8. The van der Waals surface area contributed by atoms with Crippen molar-refractivity contribution in [3.8, 4) is 0 Å². The van der Waals surface area contributed by atoms with Gasteiger partial charge in [0.2, 0.25) is 17.7 Å². The van der Waals surface area contributed by atoms with Crippen LogP contribution in [0.4, 0.5) is 0 Å². The van der Waals surface area contributed by atoms with Gasteiger partial charge in [-0.15, -0.1) is 0 Å². The summed E-state index contributed by atoms with van der Waals surface area (Å²) in [4.78, 5) is 55.4. The number of H-pyrrole nitrogens is 1. The van der Waals surface area contributed by atoms with Crippen molar-refractivity contribution in [2.24, 2.45) is 5.92 Å². The zero-order valence-electron chi connectivity index (χ0n) is 17.2. The van der Waals surface area contributed by atoms with E-state index in [2.05, 4.69) is 31.2 Å². The highest BCUT2D eigenvalue weighted by Crippen LogP contribution is 2.09. The van der Waals surface area contributed by atoms with E-state index < -0.39 is 29.9 Å². The number of nitrogens with one attached hydrogen (secondary N) is 5. The van der Waals surface area contributed by atoms with Crippen LogP contribution < -0.4 is 21.3 Å². The Morgan fingerprint density at radius 2 is 2.07 bits per heavy atom. The Morgan fingerprint density at radius 3 is 2.63 bits per heavy atom. The predicted molar refractivity (Wildman–Crippen MR) is 107 cm³/mol. The second kappa shape index (κ2) is 11.3. The second-order valence-electron chi connectivity index (χ2n) is 7.48. The lowest BCUT2D eigenvalue weighted by molar-refractivity contribution is -0.143. The molecule has 1 aromatic heterocycles. The molecular formula is C19H30N6O5. The van der Waals surface area contributed by atoms with Crippen molar-refractivity contribution in [3.05, 3.63) is 18.2 Å². The molecule has 1 aliphatic rings. The molecule has 1 aliphatic heterocycles. The summed E-state index contributed by atoms with van der Waals surface area (Å²) >= 11 is 0.